The first-order valence-corrected chi connectivity index (χ1v) is 6.59. The highest BCUT2D eigenvalue weighted by molar-refractivity contribution is 5.85. The Hall–Kier alpha value is -0.920. The molecule has 0 atom stereocenters. The van der Waals surface area contributed by atoms with Gasteiger partial charge in [-0.3, -0.25) is 9.98 Å². The fourth-order valence-corrected chi connectivity index (χ4v) is 1.43. The maximum absolute atomic E-state index is 4.79. The van der Waals surface area contributed by atoms with Crippen molar-refractivity contribution in [1.82, 2.24) is 0 Å². The van der Waals surface area contributed by atoms with Crippen LogP contribution in [0.25, 0.3) is 0 Å². The fraction of sp³-hybridized carbons (Fsp3) is 0.733. The summed E-state index contributed by atoms with van der Waals surface area (Å²) in [4.78, 5) is 9.41. The third kappa shape index (κ3) is 5.81. The van der Waals surface area contributed by atoms with Gasteiger partial charge in [0.25, 0.3) is 0 Å². The monoisotopic (exact) mass is 236 g/mol. The lowest BCUT2D eigenvalue weighted by atomic mass is 10.1. The summed E-state index contributed by atoms with van der Waals surface area (Å²) in [5.41, 5.74) is 4.54. The lowest BCUT2D eigenvalue weighted by molar-refractivity contribution is 0.727. The SMILES string of the molecule is CC/C(N=C(C)C)=C(\N=C(/C)C(C)C)C(C)C. The van der Waals surface area contributed by atoms with Crippen LogP contribution in [0.1, 0.15) is 61.8 Å². The first-order chi connectivity index (χ1) is 7.79. The Kier molecular flexibility index (Phi) is 7.01. The minimum absolute atomic E-state index is 0.418. The molecule has 2 heteroatoms. The minimum Gasteiger partial charge on any atom is -0.261 e. The summed E-state index contributed by atoms with van der Waals surface area (Å²) in [5.74, 6) is 0.912. The topological polar surface area (TPSA) is 24.7 Å². The Morgan fingerprint density at radius 3 is 1.71 bits per heavy atom. The predicted molar refractivity (Wildman–Crippen MR) is 78.9 cm³/mol. The first kappa shape index (κ1) is 16.1. The largest absolute Gasteiger partial charge is 0.261 e. The van der Waals surface area contributed by atoms with E-state index in [0.29, 0.717) is 11.8 Å². The molecule has 0 amide bonds. The second-order valence-electron chi connectivity index (χ2n) is 5.31. The molecule has 0 N–H and O–H groups in total. The number of nitrogens with zero attached hydrogens (tertiary/aromatic N) is 2. The molecule has 0 aliphatic carbocycles. The molecular formula is C15H28N2. The highest BCUT2D eigenvalue weighted by Crippen LogP contribution is 2.21. The van der Waals surface area contributed by atoms with Crippen molar-refractivity contribution in [3.63, 3.8) is 0 Å². The summed E-state index contributed by atoms with van der Waals surface area (Å²) in [6.45, 7) is 17.0. The highest BCUT2D eigenvalue weighted by atomic mass is 14.8. The summed E-state index contributed by atoms with van der Waals surface area (Å²) in [7, 11) is 0. The lowest BCUT2D eigenvalue weighted by Gasteiger charge is -2.13. The van der Waals surface area contributed by atoms with Gasteiger partial charge in [-0.05, 0) is 39.0 Å². The Morgan fingerprint density at radius 1 is 0.882 bits per heavy atom. The average Bonchev–Trinajstić information content (AvgIpc) is 2.21. The number of allylic oxidation sites excluding steroid dienone is 2. The number of hydrogen-bond acceptors (Lipinski definition) is 2. The van der Waals surface area contributed by atoms with Crippen LogP contribution in [0.4, 0.5) is 0 Å². The van der Waals surface area contributed by atoms with Crippen LogP contribution in [0.5, 0.6) is 0 Å². The molecule has 0 spiro atoms. The first-order valence-electron chi connectivity index (χ1n) is 6.59. The minimum atomic E-state index is 0.418. The van der Waals surface area contributed by atoms with Crippen molar-refractivity contribution < 1.29 is 0 Å². The van der Waals surface area contributed by atoms with Gasteiger partial charge >= 0.3 is 0 Å². The van der Waals surface area contributed by atoms with E-state index in [-0.39, 0.29) is 0 Å². The maximum Gasteiger partial charge on any atom is 0.0642 e. The van der Waals surface area contributed by atoms with Gasteiger partial charge < -0.3 is 0 Å². The number of aliphatic imine (C=N–C) groups is 2. The normalized spacial score (nSPS) is 14.1. The van der Waals surface area contributed by atoms with Gasteiger partial charge in [0.05, 0.1) is 11.4 Å². The van der Waals surface area contributed by atoms with E-state index in [4.69, 9.17) is 4.99 Å². The molecule has 0 aromatic heterocycles. The molecule has 0 unspecified atom stereocenters. The van der Waals surface area contributed by atoms with Crippen molar-refractivity contribution in [2.75, 3.05) is 0 Å². The third-order valence-electron chi connectivity index (χ3n) is 2.67. The summed E-state index contributed by atoms with van der Waals surface area (Å²) in [6.07, 6.45) is 0.938. The molecule has 0 rings (SSSR count). The molecule has 17 heavy (non-hydrogen) atoms. The van der Waals surface area contributed by atoms with Crippen LogP contribution >= 0.6 is 0 Å². The molecular weight excluding hydrogens is 208 g/mol. The van der Waals surface area contributed by atoms with Crippen molar-refractivity contribution in [3.05, 3.63) is 11.4 Å². The predicted octanol–water partition coefficient (Wildman–Crippen LogP) is 4.86. The Bertz CT molecular complexity index is 327. The zero-order chi connectivity index (χ0) is 13.6. The van der Waals surface area contributed by atoms with Crippen molar-refractivity contribution in [2.24, 2.45) is 21.8 Å². The number of hydrogen-bond donors (Lipinski definition) is 0. The molecule has 0 radical (unpaired) electrons. The van der Waals surface area contributed by atoms with Gasteiger partial charge in [0, 0.05) is 11.4 Å². The van der Waals surface area contributed by atoms with E-state index in [1.807, 2.05) is 13.8 Å². The van der Waals surface area contributed by atoms with E-state index in [2.05, 4.69) is 46.5 Å². The van der Waals surface area contributed by atoms with Gasteiger partial charge in [-0.15, -0.1) is 0 Å². The van der Waals surface area contributed by atoms with E-state index < -0.39 is 0 Å². The van der Waals surface area contributed by atoms with Gasteiger partial charge in [0.2, 0.25) is 0 Å². The molecule has 0 heterocycles. The van der Waals surface area contributed by atoms with Crippen LogP contribution in [-0.4, -0.2) is 11.4 Å². The van der Waals surface area contributed by atoms with Gasteiger partial charge in [-0.1, -0.05) is 34.6 Å². The third-order valence-corrected chi connectivity index (χ3v) is 2.67. The molecule has 0 fully saturated rings. The number of rotatable bonds is 5. The molecule has 98 valence electrons. The fourth-order valence-electron chi connectivity index (χ4n) is 1.43. The zero-order valence-corrected chi connectivity index (χ0v) is 12.8. The summed E-state index contributed by atoms with van der Waals surface area (Å²) < 4.78 is 0. The smallest absolute Gasteiger partial charge is 0.0642 e. The summed E-state index contributed by atoms with van der Waals surface area (Å²) in [6, 6.07) is 0. The van der Waals surface area contributed by atoms with Crippen LogP contribution in [0.15, 0.2) is 21.4 Å². The van der Waals surface area contributed by atoms with E-state index in [1.165, 1.54) is 5.71 Å². The molecule has 0 aromatic rings. The average molecular weight is 236 g/mol. The molecule has 0 bridgehead atoms. The van der Waals surface area contributed by atoms with E-state index >= 15 is 0 Å². The van der Waals surface area contributed by atoms with Crippen molar-refractivity contribution in [3.8, 4) is 0 Å². The van der Waals surface area contributed by atoms with Crippen molar-refractivity contribution >= 4 is 11.4 Å². The quantitative estimate of drug-likeness (QED) is 0.609. The van der Waals surface area contributed by atoms with Gasteiger partial charge in [0.15, 0.2) is 0 Å². The summed E-state index contributed by atoms with van der Waals surface area (Å²) >= 11 is 0. The Morgan fingerprint density at radius 2 is 1.41 bits per heavy atom. The van der Waals surface area contributed by atoms with Crippen molar-refractivity contribution in [1.29, 1.82) is 0 Å². The molecule has 0 saturated carbocycles. The van der Waals surface area contributed by atoms with Crippen LogP contribution < -0.4 is 0 Å². The van der Waals surface area contributed by atoms with Gasteiger partial charge in [-0.25, -0.2) is 0 Å². The maximum atomic E-state index is 4.79. The van der Waals surface area contributed by atoms with Crippen LogP contribution in [0.3, 0.4) is 0 Å². The van der Waals surface area contributed by atoms with Crippen LogP contribution in [0, 0.1) is 11.8 Å². The van der Waals surface area contributed by atoms with Crippen LogP contribution in [-0.2, 0) is 0 Å². The highest BCUT2D eigenvalue weighted by Gasteiger charge is 2.10. The van der Waals surface area contributed by atoms with Crippen molar-refractivity contribution in [2.45, 2.75) is 61.8 Å². The molecule has 0 saturated heterocycles. The molecule has 2 nitrogen and oxygen atoms in total. The van der Waals surface area contributed by atoms with E-state index in [9.17, 15) is 0 Å². The summed E-state index contributed by atoms with van der Waals surface area (Å²) in [5, 5.41) is 0. The van der Waals surface area contributed by atoms with E-state index in [0.717, 1.165) is 23.5 Å². The molecule has 0 aliphatic rings. The molecule has 0 aromatic carbocycles. The molecule has 0 aliphatic heterocycles. The van der Waals surface area contributed by atoms with Gasteiger partial charge in [-0.2, -0.15) is 0 Å². The lowest BCUT2D eigenvalue weighted by Crippen LogP contribution is -2.06. The second-order valence-corrected chi connectivity index (χ2v) is 5.31. The Balaban J connectivity index is 5.54. The zero-order valence-electron chi connectivity index (χ0n) is 12.8. The van der Waals surface area contributed by atoms with E-state index in [1.54, 1.807) is 0 Å². The second kappa shape index (κ2) is 7.41. The van der Waals surface area contributed by atoms with Gasteiger partial charge in [0.1, 0.15) is 0 Å². The Labute approximate surface area is 107 Å². The standard InChI is InChI=1S/C15H28N2/c1-9-14(16-12(6)7)15(11(4)5)17-13(8)10(2)3/h10-11H,9H2,1-8H3/b15-14+,17-13+. The van der Waals surface area contributed by atoms with Crippen LogP contribution in [0.2, 0.25) is 0 Å².